The Balaban J connectivity index is 0.00000247. The molecule has 0 bridgehead atoms. The Morgan fingerprint density at radius 1 is 0.974 bits per heavy atom. The molecule has 1 aliphatic heterocycles. The Morgan fingerprint density at radius 2 is 1.55 bits per heavy atom. The predicted molar refractivity (Wildman–Crippen MR) is 152 cm³/mol. The number of nitrogens with one attached hydrogen (secondary N) is 1. The van der Waals surface area contributed by atoms with Gasteiger partial charge in [-0.05, 0) is 0 Å². The standard InChI is InChI=1S/C15H10F4N3O.3C4H9.C2H6.Sn/c16-10-4-3-9(15(17,18)19)8-12(10)21-14(23)22-7-5-11-13(22)2-1-6-20-11;3*1-3-4-2;1-2;/h1-4,8H,5,7H2,(H,21,23);3*1,3-4H2,2H3;1-2H3;. The van der Waals surface area contributed by atoms with Crippen LogP contribution >= 0.6 is 0 Å². The molecule has 0 aliphatic carbocycles. The van der Waals surface area contributed by atoms with Crippen molar-refractivity contribution in [3.8, 4) is 0 Å². The van der Waals surface area contributed by atoms with Crippen molar-refractivity contribution in [1.29, 1.82) is 0 Å². The van der Waals surface area contributed by atoms with E-state index in [0.29, 0.717) is 30.8 Å². The normalized spacial score (nSPS) is 13.1. The summed E-state index contributed by atoms with van der Waals surface area (Å²) in [6, 6.07) is 5.41. The van der Waals surface area contributed by atoms with Crippen molar-refractivity contribution >= 4 is 39.5 Å². The summed E-state index contributed by atoms with van der Waals surface area (Å²) in [5.41, 5.74) is 0.0206. The fraction of sp³-hybridized carbons (Fsp3) is 0.586. The van der Waals surface area contributed by atoms with Crippen LogP contribution in [-0.2, 0) is 12.6 Å². The molecule has 2 amide bonds. The van der Waals surface area contributed by atoms with Crippen LogP contribution in [0.4, 0.5) is 33.7 Å². The number of amides is 2. The number of rotatable bonds is 11. The molecular weight excluding hydrogens is 601 g/mol. The molecule has 0 saturated carbocycles. The number of benzene rings is 1. The summed E-state index contributed by atoms with van der Waals surface area (Å²) in [6.45, 7) is 11.1. The van der Waals surface area contributed by atoms with Crippen LogP contribution < -0.4 is 13.9 Å². The number of hydrogen-bond donors (Lipinski definition) is 1. The van der Waals surface area contributed by atoms with Crippen LogP contribution in [0.5, 0.6) is 0 Å². The number of pyridine rings is 1. The topological polar surface area (TPSA) is 45.2 Å². The van der Waals surface area contributed by atoms with Gasteiger partial charge in [0.2, 0.25) is 0 Å². The molecule has 0 unspecified atom stereocenters. The zero-order valence-corrected chi connectivity index (χ0v) is 26.3. The molecule has 1 aromatic carbocycles. The van der Waals surface area contributed by atoms with E-state index >= 15 is 0 Å². The SMILES string of the molecule is CC.CCC[CH2][Sn]([CH2]CCC)([CH2]CCC)[c]1ccc2c(n1)CCN2C(=O)Nc1cc(C(F)(F)F)ccc1F. The van der Waals surface area contributed by atoms with E-state index in [4.69, 9.17) is 4.98 Å². The fourth-order valence-corrected chi connectivity index (χ4v) is 20.5. The van der Waals surface area contributed by atoms with Gasteiger partial charge in [0.1, 0.15) is 0 Å². The zero-order valence-electron chi connectivity index (χ0n) is 23.5. The van der Waals surface area contributed by atoms with Crippen molar-refractivity contribution in [3.63, 3.8) is 0 Å². The summed E-state index contributed by atoms with van der Waals surface area (Å²) in [7, 11) is 0. The van der Waals surface area contributed by atoms with Gasteiger partial charge in [-0.15, -0.1) is 0 Å². The van der Waals surface area contributed by atoms with Gasteiger partial charge in [0.25, 0.3) is 0 Å². The van der Waals surface area contributed by atoms with Crippen LogP contribution in [0.15, 0.2) is 30.3 Å². The molecule has 9 heteroatoms. The van der Waals surface area contributed by atoms with Crippen LogP contribution in [0.2, 0.25) is 13.3 Å². The molecule has 0 radical (unpaired) electrons. The minimum absolute atomic E-state index is 0.361. The molecule has 3 rings (SSSR count). The second-order valence-electron chi connectivity index (χ2n) is 9.78. The van der Waals surface area contributed by atoms with Gasteiger partial charge in [0.15, 0.2) is 0 Å². The van der Waals surface area contributed by atoms with Crippen LogP contribution in [-0.4, -0.2) is 35.9 Å². The Morgan fingerprint density at radius 3 is 2.08 bits per heavy atom. The Bertz CT molecular complexity index is 1020. The average Bonchev–Trinajstić information content (AvgIpc) is 3.34. The van der Waals surface area contributed by atoms with Gasteiger partial charge in [-0.3, -0.25) is 0 Å². The van der Waals surface area contributed by atoms with Crippen LogP contribution in [0.3, 0.4) is 0 Å². The first-order chi connectivity index (χ1) is 18.1. The van der Waals surface area contributed by atoms with Crippen molar-refractivity contribution in [2.24, 2.45) is 0 Å². The molecule has 38 heavy (non-hydrogen) atoms. The molecule has 2 heterocycles. The van der Waals surface area contributed by atoms with Gasteiger partial charge in [0.05, 0.1) is 0 Å². The van der Waals surface area contributed by atoms with Crippen molar-refractivity contribution in [2.75, 3.05) is 16.8 Å². The molecule has 0 spiro atoms. The molecule has 0 saturated heterocycles. The first-order valence-corrected chi connectivity index (χ1v) is 21.6. The Labute approximate surface area is 229 Å². The number of fused-ring (bicyclic) bond motifs is 1. The van der Waals surface area contributed by atoms with Gasteiger partial charge in [-0.1, -0.05) is 13.8 Å². The Hall–Kier alpha value is -1.84. The number of nitrogens with zero attached hydrogens (tertiary/aromatic N) is 2. The van der Waals surface area contributed by atoms with Gasteiger partial charge in [-0.2, -0.15) is 0 Å². The van der Waals surface area contributed by atoms with Gasteiger partial charge in [0, 0.05) is 0 Å². The number of aromatic nitrogens is 1. The number of halogens is 4. The van der Waals surface area contributed by atoms with Crippen molar-refractivity contribution in [2.45, 2.75) is 99.1 Å². The van der Waals surface area contributed by atoms with E-state index in [2.05, 4.69) is 32.2 Å². The summed E-state index contributed by atoms with van der Waals surface area (Å²) < 4.78 is 58.5. The molecule has 1 N–H and O–H groups in total. The van der Waals surface area contributed by atoms with Crippen molar-refractivity contribution in [1.82, 2.24) is 4.98 Å². The van der Waals surface area contributed by atoms with Crippen LogP contribution in [0.1, 0.15) is 84.4 Å². The van der Waals surface area contributed by atoms with E-state index in [1.165, 1.54) is 60.4 Å². The summed E-state index contributed by atoms with van der Waals surface area (Å²) in [6.07, 6.45) is 3.13. The maximum absolute atomic E-state index is 14.2. The third-order valence-electron chi connectivity index (χ3n) is 7.16. The third-order valence-corrected chi connectivity index (χ3v) is 22.3. The zero-order chi connectivity index (χ0) is 28.3. The van der Waals surface area contributed by atoms with Crippen LogP contribution in [0, 0.1) is 5.82 Å². The first-order valence-electron chi connectivity index (χ1n) is 14.1. The molecular formula is C29H43F4N3OSn. The number of urea groups is 1. The summed E-state index contributed by atoms with van der Waals surface area (Å²) in [4.78, 5) is 19.5. The molecule has 1 aromatic heterocycles. The van der Waals surface area contributed by atoms with Gasteiger partial charge in [-0.25, -0.2) is 0 Å². The molecule has 2 aromatic rings. The average molecular weight is 644 g/mol. The summed E-state index contributed by atoms with van der Waals surface area (Å²) in [5, 5.41) is 2.33. The third kappa shape index (κ3) is 8.08. The van der Waals surface area contributed by atoms with E-state index in [1.54, 1.807) is 0 Å². The molecule has 0 fully saturated rings. The summed E-state index contributed by atoms with van der Waals surface area (Å²) >= 11 is -2.73. The van der Waals surface area contributed by atoms with E-state index in [9.17, 15) is 22.4 Å². The minimum atomic E-state index is -4.63. The molecule has 4 nitrogen and oxygen atoms in total. The molecule has 212 valence electrons. The van der Waals surface area contributed by atoms with E-state index in [1.807, 2.05) is 19.9 Å². The second-order valence-corrected chi connectivity index (χ2v) is 22.8. The summed E-state index contributed by atoms with van der Waals surface area (Å²) in [5.74, 6) is -0.911. The van der Waals surface area contributed by atoms with E-state index in [-0.39, 0.29) is 0 Å². The van der Waals surface area contributed by atoms with Crippen molar-refractivity contribution < 1.29 is 22.4 Å². The number of anilines is 2. The number of hydrogen-bond acceptors (Lipinski definition) is 2. The van der Waals surface area contributed by atoms with E-state index in [0.717, 1.165) is 11.8 Å². The first kappa shape index (κ1) is 32.4. The quantitative estimate of drug-likeness (QED) is 0.196. The number of alkyl halides is 3. The Kier molecular flexibility index (Phi) is 12.8. The van der Waals surface area contributed by atoms with Crippen molar-refractivity contribution in [3.05, 3.63) is 47.4 Å². The van der Waals surface area contributed by atoms with Gasteiger partial charge < -0.3 is 0 Å². The predicted octanol–water partition coefficient (Wildman–Crippen LogP) is 8.92. The monoisotopic (exact) mass is 645 g/mol. The van der Waals surface area contributed by atoms with E-state index < -0.39 is 47.7 Å². The fourth-order valence-electron chi connectivity index (χ4n) is 5.05. The molecule has 1 aliphatic rings. The van der Waals surface area contributed by atoms with Crippen LogP contribution in [0.25, 0.3) is 0 Å². The maximum atomic E-state index is 14.2. The van der Waals surface area contributed by atoms with Gasteiger partial charge >= 0.3 is 216 Å². The number of unbranched alkanes of at least 4 members (excludes halogenated alkanes) is 3. The number of carbonyl (C=O) groups excluding carboxylic acids is 1. The number of carbonyl (C=O) groups is 1. The molecule has 0 atom stereocenters. The second kappa shape index (κ2) is 15.1.